The van der Waals surface area contributed by atoms with Crippen molar-refractivity contribution in [1.29, 1.82) is 0 Å². The van der Waals surface area contributed by atoms with E-state index in [0.717, 1.165) is 6.42 Å². The van der Waals surface area contributed by atoms with E-state index in [0.29, 0.717) is 23.6 Å². The van der Waals surface area contributed by atoms with Gasteiger partial charge >= 0.3 is 0 Å². The van der Waals surface area contributed by atoms with Crippen LogP contribution in [0.1, 0.15) is 37.0 Å². The molecule has 1 atom stereocenters. The third kappa shape index (κ3) is 5.12. The molecule has 1 aliphatic heterocycles. The molecule has 1 fully saturated rings. The van der Waals surface area contributed by atoms with E-state index in [1.54, 1.807) is 23.1 Å². The zero-order chi connectivity index (χ0) is 21.9. The van der Waals surface area contributed by atoms with Crippen molar-refractivity contribution in [3.63, 3.8) is 0 Å². The molecule has 0 bridgehead atoms. The predicted molar refractivity (Wildman–Crippen MR) is 116 cm³/mol. The summed E-state index contributed by atoms with van der Waals surface area (Å²) in [6.45, 7) is 4.22. The van der Waals surface area contributed by atoms with Gasteiger partial charge in [0.15, 0.2) is 0 Å². The number of nitrogens with one attached hydrogen (secondary N) is 2. The van der Waals surface area contributed by atoms with Crippen LogP contribution in [0.5, 0.6) is 0 Å². The lowest BCUT2D eigenvalue weighted by Gasteiger charge is -2.25. The van der Waals surface area contributed by atoms with Crippen LogP contribution in [-0.4, -0.2) is 43.8 Å². The van der Waals surface area contributed by atoms with Gasteiger partial charge in [0, 0.05) is 28.9 Å². The first-order valence-electron chi connectivity index (χ1n) is 9.67. The van der Waals surface area contributed by atoms with E-state index in [1.165, 1.54) is 30.3 Å². The molecule has 1 aliphatic rings. The SMILES string of the molecule is CC(C)NC(=O)C1CCCN1C(=O)c1cccc(NS(=O)(=O)c2ccc(Cl)cc2)c1. The average molecular weight is 450 g/mol. The van der Waals surface area contributed by atoms with Crippen LogP contribution in [0.4, 0.5) is 5.69 Å². The summed E-state index contributed by atoms with van der Waals surface area (Å²) in [5.41, 5.74) is 0.578. The number of amides is 2. The van der Waals surface area contributed by atoms with Gasteiger partial charge in [-0.15, -0.1) is 0 Å². The lowest BCUT2D eigenvalue weighted by molar-refractivity contribution is -0.125. The Kier molecular flexibility index (Phi) is 6.67. The third-order valence-corrected chi connectivity index (χ3v) is 6.38. The van der Waals surface area contributed by atoms with E-state index in [9.17, 15) is 18.0 Å². The maximum atomic E-state index is 13.0. The highest BCUT2D eigenvalue weighted by atomic mass is 35.5. The van der Waals surface area contributed by atoms with Crippen LogP contribution in [0, 0.1) is 0 Å². The summed E-state index contributed by atoms with van der Waals surface area (Å²) >= 11 is 5.82. The first kappa shape index (κ1) is 22.1. The number of carbonyl (C=O) groups excluding carboxylic acids is 2. The van der Waals surface area contributed by atoms with Crippen molar-refractivity contribution in [2.24, 2.45) is 0 Å². The molecule has 0 aromatic heterocycles. The minimum Gasteiger partial charge on any atom is -0.352 e. The van der Waals surface area contributed by atoms with Gasteiger partial charge in [-0.1, -0.05) is 17.7 Å². The zero-order valence-electron chi connectivity index (χ0n) is 16.8. The Labute approximate surface area is 181 Å². The van der Waals surface area contributed by atoms with Gasteiger partial charge in [-0.25, -0.2) is 8.42 Å². The standard InChI is InChI=1S/C21H24ClN3O4S/c1-14(2)23-20(26)19-7-4-12-25(19)21(27)15-5-3-6-17(13-15)24-30(28,29)18-10-8-16(22)9-11-18/h3,5-6,8-11,13-14,19,24H,4,7,12H2,1-2H3,(H,23,26). The number of hydrogen-bond donors (Lipinski definition) is 2. The number of sulfonamides is 1. The van der Waals surface area contributed by atoms with Gasteiger partial charge in [0.1, 0.15) is 6.04 Å². The molecule has 30 heavy (non-hydrogen) atoms. The van der Waals surface area contributed by atoms with Crippen molar-refractivity contribution < 1.29 is 18.0 Å². The Morgan fingerprint density at radius 2 is 1.83 bits per heavy atom. The Bertz CT molecular complexity index is 1040. The van der Waals surface area contributed by atoms with Crippen molar-refractivity contribution in [2.45, 2.75) is 43.7 Å². The summed E-state index contributed by atoms with van der Waals surface area (Å²) in [7, 11) is -3.83. The second kappa shape index (κ2) is 9.06. The van der Waals surface area contributed by atoms with E-state index in [4.69, 9.17) is 11.6 Å². The number of benzene rings is 2. The normalized spacial score (nSPS) is 16.5. The quantitative estimate of drug-likeness (QED) is 0.707. The molecule has 1 saturated heterocycles. The molecular weight excluding hydrogens is 426 g/mol. The second-order valence-electron chi connectivity index (χ2n) is 7.46. The number of hydrogen-bond acceptors (Lipinski definition) is 4. The Morgan fingerprint density at radius 3 is 2.50 bits per heavy atom. The van der Waals surface area contributed by atoms with Gasteiger partial charge in [0.05, 0.1) is 4.90 Å². The molecule has 160 valence electrons. The van der Waals surface area contributed by atoms with Gasteiger partial charge < -0.3 is 10.2 Å². The van der Waals surface area contributed by atoms with Crippen LogP contribution in [0.3, 0.4) is 0 Å². The number of anilines is 1. The maximum Gasteiger partial charge on any atom is 0.261 e. The first-order chi connectivity index (χ1) is 14.2. The van der Waals surface area contributed by atoms with E-state index < -0.39 is 16.1 Å². The van der Waals surface area contributed by atoms with Crippen molar-refractivity contribution in [1.82, 2.24) is 10.2 Å². The molecular formula is C21H24ClN3O4S. The minimum absolute atomic E-state index is 0.0133. The molecule has 0 saturated carbocycles. The first-order valence-corrected chi connectivity index (χ1v) is 11.5. The fourth-order valence-corrected chi connectivity index (χ4v) is 4.55. The molecule has 7 nitrogen and oxygen atoms in total. The Hall–Kier alpha value is -2.58. The van der Waals surface area contributed by atoms with Crippen LogP contribution in [-0.2, 0) is 14.8 Å². The van der Waals surface area contributed by atoms with Crippen molar-refractivity contribution in [3.8, 4) is 0 Å². The van der Waals surface area contributed by atoms with Crippen LogP contribution in [0.25, 0.3) is 0 Å². The van der Waals surface area contributed by atoms with Gasteiger partial charge in [-0.2, -0.15) is 0 Å². The van der Waals surface area contributed by atoms with E-state index in [-0.39, 0.29) is 28.4 Å². The van der Waals surface area contributed by atoms with Crippen LogP contribution >= 0.6 is 11.6 Å². The number of likely N-dealkylation sites (tertiary alicyclic amines) is 1. The third-order valence-electron chi connectivity index (χ3n) is 4.73. The number of carbonyl (C=O) groups is 2. The highest BCUT2D eigenvalue weighted by Gasteiger charge is 2.34. The van der Waals surface area contributed by atoms with E-state index in [2.05, 4.69) is 10.0 Å². The molecule has 0 aliphatic carbocycles. The fourth-order valence-electron chi connectivity index (χ4n) is 3.37. The highest BCUT2D eigenvalue weighted by molar-refractivity contribution is 7.92. The summed E-state index contributed by atoms with van der Waals surface area (Å²) in [5.74, 6) is -0.473. The molecule has 2 aromatic rings. The van der Waals surface area contributed by atoms with Crippen LogP contribution in [0.15, 0.2) is 53.4 Å². The molecule has 3 rings (SSSR count). The fraction of sp³-hybridized carbons (Fsp3) is 0.333. The van der Waals surface area contributed by atoms with Crippen LogP contribution in [0.2, 0.25) is 5.02 Å². The number of rotatable bonds is 6. The summed E-state index contributed by atoms with van der Waals surface area (Å²) in [6.07, 6.45) is 1.35. The number of nitrogens with zero attached hydrogens (tertiary/aromatic N) is 1. The minimum atomic E-state index is -3.83. The largest absolute Gasteiger partial charge is 0.352 e. The summed E-state index contributed by atoms with van der Waals surface area (Å²) in [6, 6.07) is 11.5. The topological polar surface area (TPSA) is 95.6 Å². The molecule has 1 heterocycles. The molecule has 0 radical (unpaired) electrons. The van der Waals surface area contributed by atoms with E-state index >= 15 is 0 Å². The molecule has 2 amide bonds. The Balaban J connectivity index is 1.78. The van der Waals surface area contributed by atoms with Gasteiger partial charge in [-0.05, 0) is 69.2 Å². The molecule has 2 N–H and O–H groups in total. The maximum absolute atomic E-state index is 13.0. The van der Waals surface area contributed by atoms with Gasteiger partial charge in [0.2, 0.25) is 5.91 Å². The highest BCUT2D eigenvalue weighted by Crippen LogP contribution is 2.23. The van der Waals surface area contributed by atoms with Crippen molar-refractivity contribution in [2.75, 3.05) is 11.3 Å². The number of halogens is 1. The van der Waals surface area contributed by atoms with Crippen molar-refractivity contribution >= 4 is 39.1 Å². The second-order valence-corrected chi connectivity index (χ2v) is 9.58. The van der Waals surface area contributed by atoms with Crippen molar-refractivity contribution in [3.05, 3.63) is 59.1 Å². The summed E-state index contributed by atoms with van der Waals surface area (Å²) in [5, 5.41) is 3.29. The van der Waals surface area contributed by atoms with Gasteiger partial charge in [0.25, 0.3) is 15.9 Å². The van der Waals surface area contributed by atoms with Crippen LogP contribution < -0.4 is 10.0 Å². The average Bonchev–Trinajstić information content (AvgIpc) is 3.17. The molecule has 9 heteroatoms. The summed E-state index contributed by atoms with van der Waals surface area (Å²) in [4.78, 5) is 27.1. The van der Waals surface area contributed by atoms with E-state index in [1.807, 2.05) is 13.8 Å². The predicted octanol–water partition coefficient (Wildman–Crippen LogP) is 3.27. The summed E-state index contributed by atoms with van der Waals surface area (Å²) < 4.78 is 27.7. The monoisotopic (exact) mass is 449 g/mol. The Morgan fingerprint density at radius 1 is 1.13 bits per heavy atom. The van der Waals surface area contributed by atoms with Gasteiger partial charge in [-0.3, -0.25) is 14.3 Å². The molecule has 2 aromatic carbocycles. The molecule has 0 spiro atoms. The lowest BCUT2D eigenvalue weighted by Crippen LogP contribution is -2.47. The lowest BCUT2D eigenvalue weighted by atomic mass is 10.1. The molecule has 1 unspecified atom stereocenters. The smallest absolute Gasteiger partial charge is 0.261 e. The zero-order valence-corrected chi connectivity index (χ0v) is 18.3.